The molecule has 1 heterocycles. The number of hydrogen-bond acceptors (Lipinski definition) is 4. The maximum Gasteiger partial charge on any atom is 0.248 e. The summed E-state index contributed by atoms with van der Waals surface area (Å²) in [5.74, 6) is 1.11. The number of nitrogens with one attached hydrogen (secondary N) is 2. The van der Waals surface area contributed by atoms with E-state index in [4.69, 9.17) is 14.9 Å². The minimum atomic E-state index is -0.425. The predicted octanol–water partition coefficient (Wildman–Crippen LogP) is 2.27. The van der Waals surface area contributed by atoms with Crippen LogP contribution in [0.5, 0.6) is 0 Å². The van der Waals surface area contributed by atoms with E-state index >= 15 is 0 Å². The van der Waals surface area contributed by atoms with Crippen molar-refractivity contribution >= 4 is 35.8 Å². The first kappa shape index (κ1) is 22.0. The van der Waals surface area contributed by atoms with Gasteiger partial charge in [-0.15, -0.1) is 24.0 Å². The molecule has 4 N–H and O–H groups in total. The first-order chi connectivity index (χ1) is 12.2. The van der Waals surface area contributed by atoms with E-state index in [-0.39, 0.29) is 24.0 Å². The van der Waals surface area contributed by atoms with Gasteiger partial charge in [-0.3, -0.25) is 9.79 Å². The van der Waals surface area contributed by atoms with E-state index in [1.54, 1.807) is 25.4 Å². The fourth-order valence-electron chi connectivity index (χ4n) is 2.14. The van der Waals surface area contributed by atoms with Crippen molar-refractivity contribution in [2.45, 2.75) is 19.6 Å². The van der Waals surface area contributed by atoms with Gasteiger partial charge in [0.2, 0.25) is 5.91 Å². The minimum absolute atomic E-state index is 0. The summed E-state index contributed by atoms with van der Waals surface area (Å²) in [6, 6.07) is 10.9. The predicted molar refractivity (Wildman–Crippen MR) is 112 cm³/mol. The topological polar surface area (TPSA) is 102 Å². The molecule has 8 heteroatoms. The van der Waals surface area contributed by atoms with Crippen molar-refractivity contribution in [2.24, 2.45) is 10.7 Å². The zero-order chi connectivity index (χ0) is 17.9. The lowest BCUT2D eigenvalue weighted by atomic mass is 10.1. The molecule has 7 nitrogen and oxygen atoms in total. The number of guanidine groups is 1. The van der Waals surface area contributed by atoms with Gasteiger partial charge in [-0.2, -0.15) is 0 Å². The van der Waals surface area contributed by atoms with Gasteiger partial charge >= 0.3 is 0 Å². The van der Waals surface area contributed by atoms with Crippen LogP contribution in [0, 0.1) is 0 Å². The highest BCUT2D eigenvalue weighted by molar-refractivity contribution is 14.0. The molecule has 2 rings (SSSR count). The molecule has 0 radical (unpaired) electrons. The van der Waals surface area contributed by atoms with Crippen LogP contribution in [-0.2, 0) is 17.9 Å². The van der Waals surface area contributed by atoms with Gasteiger partial charge < -0.3 is 25.5 Å². The first-order valence-corrected chi connectivity index (χ1v) is 8.12. The Morgan fingerprint density at radius 3 is 2.62 bits per heavy atom. The fourth-order valence-corrected chi connectivity index (χ4v) is 2.14. The number of aliphatic imine (C=N–C) groups is 1. The number of ether oxygens (including phenoxy) is 1. The number of nitrogens with two attached hydrogens (primary N) is 1. The Labute approximate surface area is 170 Å². The summed E-state index contributed by atoms with van der Waals surface area (Å²) in [6.45, 7) is 2.48. The lowest BCUT2D eigenvalue weighted by Gasteiger charge is -2.12. The third-order valence-electron chi connectivity index (χ3n) is 3.50. The maximum atomic E-state index is 11.0. The van der Waals surface area contributed by atoms with E-state index in [1.165, 1.54) is 0 Å². The Balaban J connectivity index is 0.00000338. The number of hydrogen-bond donors (Lipinski definition) is 3. The zero-order valence-electron chi connectivity index (χ0n) is 14.7. The van der Waals surface area contributed by atoms with E-state index in [2.05, 4.69) is 15.6 Å². The SMILES string of the molecule is CN=C(NCCCOCc1ccco1)NCc1ccc(C(N)=O)cc1.I. The molecule has 0 bridgehead atoms. The van der Waals surface area contributed by atoms with Gasteiger partial charge in [0.15, 0.2) is 5.96 Å². The van der Waals surface area contributed by atoms with Gasteiger partial charge in [0.05, 0.1) is 6.26 Å². The normalized spacial score (nSPS) is 10.9. The monoisotopic (exact) mass is 472 g/mol. The second kappa shape index (κ2) is 12.3. The Kier molecular flexibility index (Phi) is 10.4. The molecule has 0 fully saturated rings. The van der Waals surface area contributed by atoms with Crippen LogP contribution in [0.25, 0.3) is 0 Å². The third kappa shape index (κ3) is 7.87. The molecule has 2 aromatic rings. The molecule has 0 aliphatic rings. The smallest absolute Gasteiger partial charge is 0.248 e. The number of rotatable bonds is 9. The van der Waals surface area contributed by atoms with Crippen molar-refractivity contribution in [3.8, 4) is 0 Å². The number of primary amides is 1. The summed E-state index contributed by atoms with van der Waals surface area (Å²) >= 11 is 0. The number of furan rings is 1. The minimum Gasteiger partial charge on any atom is -0.467 e. The van der Waals surface area contributed by atoms with Gasteiger partial charge in [0, 0.05) is 32.3 Å². The van der Waals surface area contributed by atoms with Crippen LogP contribution < -0.4 is 16.4 Å². The Hall–Kier alpha value is -2.07. The average molecular weight is 472 g/mol. The van der Waals surface area contributed by atoms with Crippen molar-refractivity contribution in [1.82, 2.24) is 10.6 Å². The number of nitrogens with zero attached hydrogens (tertiary/aromatic N) is 1. The number of benzene rings is 1. The molecule has 26 heavy (non-hydrogen) atoms. The Morgan fingerprint density at radius 2 is 2.00 bits per heavy atom. The highest BCUT2D eigenvalue weighted by Crippen LogP contribution is 2.03. The van der Waals surface area contributed by atoms with Gasteiger partial charge in [0.25, 0.3) is 0 Å². The van der Waals surface area contributed by atoms with Crippen LogP contribution in [0.2, 0.25) is 0 Å². The second-order valence-electron chi connectivity index (χ2n) is 5.40. The average Bonchev–Trinajstić information content (AvgIpc) is 3.14. The van der Waals surface area contributed by atoms with E-state index in [0.717, 1.165) is 24.3 Å². The van der Waals surface area contributed by atoms with E-state index in [0.29, 0.717) is 31.3 Å². The molecule has 0 aliphatic carbocycles. The zero-order valence-corrected chi connectivity index (χ0v) is 17.1. The lowest BCUT2D eigenvalue weighted by molar-refractivity contribution is 0.1000. The summed E-state index contributed by atoms with van der Waals surface area (Å²) in [5.41, 5.74) is 6.76. The quantitative estimate of drug-likeness (QED) is 0.225. The van der Waals surface area contributed by atoms with Crippen molar-refractivity contribution in [3.05, 3.63) is 59.5 Å². The van der Waals surface area contributed by atoms with Crippen molar-refractivity contribution in [3.63, 3.8) is 0 Å². The summed E-state index contributed by atoms with van der Waals surface area (Å²) in [6.07, 6.45) is 2.49. The second-order valence-corrected chi connectivity index (χ2v) is 5.40. The molecule has 1 aromatic carbocycles. The molecule has 1 aromatic heterocycles. The summed E-state index contributed by atoms with van der Waals surface area (Å²) < 4.78 is 10.7. The summed E-state index contributed by atoms with van der Waals surface area (Å²) in [5, 5.41) is 6.44. The van der Waals surface area contributed by atoms with E-state index in [1.807, 2.05) is 24.3 Å². The maximum absolute atomic E-state index is 11.0. The van der Waals surface area contributed by atoms with Gasteiger partial charge in [0.1, 0.15) is 12.4 Å². The Bertz CT molecular complexity index is 672. The summed E-state index contributed by atoms with van der Waals surface area (Å²) in [7, 11) is 1.72. The van der Waals surface area contributed by atoms with Crippen LogP contribution in [0.15, 0.2) is 52.1 Å². The van der Waals surface area contributed by atoms with Gasteiger partial charge in [-0.1, -0.05) is 12.1 Å². The lowest BCUT2D eigenvalue weighted by Crippen LogP contribution is -2.37. The highest BCUT2D eigenvalue weighted by atomic mass is 127. The third-order valence-corrected chi connectivity index (χ3v) is 3.50. The van der Waals surface area contributed by atoms with Crippen molar-refractivity contribution in [1.29, 1.82) is 0 Å². The highest BCUT2D eigenvalue weighted by Gasteiger charge is 2.01. The van der Waals surface area contributed by atoms with Crippen LogP contribution >= 0.6 is 24.0 Å². The molecule has 0 saturated heterocycles. The number of carbonyl (C=O) groups is 1. The first-order valence-electron chi connectivity index (χ1n) is 8.12. The van der Waals surface area contributed by atoms with Crippen molar-refractivity contribution in [2.75, 3.05) is 20.2 Å². The molecule has 1 amide bonds. The fraction of sp³-hybridized carbons (Fsp3) is 0.333. The van der Waals surface area contributed by atoms with Crippen LogP contribution in [0.4, 0.5) is 0 Å². The van der Waals surface area contributed by atoms with E-state index < -0.39 is 5.91 Å². The molecule has 0 spiro atoms. The number of amides is 1. The van der Waals surface area contributed by atoms with Crippen molar-refractivity contribution < 1.29 is 13.9 Å². The van der Waals surface area contributed by atoms with Crippen LogP contribution in [0.1, 0.15) is 28.1 Å². The molecule has 142 valence electrons. The molecule has 0 unspecified atom stereocenters. The molecule has 0 aliphatic heterocycles. The van der Waals surface area contributed by atoms with E-state index in [9.17, 15) is 4.79 Å². The molecule has 0 atom stereocenters. The Morgan fingerprint density at radius 1 is 1.23 bits per heavy atom. The van der Waals surface area contributed by atoms with Crippen LogP contribution in [0.3, 0.4) is 0 Å². The number of carbonyl (C=O) groups excluding carboxylic acids is 1. The largest absolute Gasteiger partial charge is 0.467 e. The molecular weight excluding hydrogens is 447 g/mol. The molecular formula is C18H25IN4O3. The van der Waals surface area contributed by atoms with Gasteiger partial charge in [-0.05, 0) is 36.2 Å². The summed E-state index contributed by atoms with van der Waals surface area (Å²) in [4.78, 5) is 15.2. The number of halogens is 1. The van der Waals surface area contributed by atoms with Gasteiger partial charge in [-0.25, -0.2) is 0 Å². The van der Waals surface area contributed by atoms with Crippen LogP contribution in [-0.4, -0.2) is 32.1 Å². The molecule has 0 saturated carbocycles. The standard InChI is InChI=1S/C18H24N4O3.HI/c1-20-18(21-9-3-10-24-13-16-4-2-11-25-16)22-12-14-5-7-15(8-6-14)17(19)23;/h2,4-8,11H,3,9-10,12-13H2,1H3,(H2,19,23)(H2,20,21,22);1H.